The fourth-order valence-corrected chi connectivity index (χ4v) is 2.30. The molecule has 0 unspecified atom stereocenters. The van der Waals surface area contributed by atoms with Crippen LogP contribution in [0.2, 0.25) is 0 Å². The number of benzene rings is 1. The van der Waals surface area contributed by atoms with E-state index in [0.29, 0.717) is 25.4 Å². The molecular weight excluding hydrogens is 299 g/mol. The first-order valence-corrected chi connectivity index (χ1v) is 7.33. The number of carbonyl (C=O) groups excluding carboxylic acids is 1. The first-order chi connectivity index (χ1) is 11.0. The molecule has 0 radical (unpaired) electrons. The minimum Gasteiger partial charge on any atom is -0.383 e. The molecule has 0 spiro atoms. The number of hydrogen-bond acceptors (Lipinski definition) is 3. The second kappa shape index (κ2) is 7.73. The van der Waals surface area contributed by atoms with Gasteiger partial charge in [-0.1, -0.05) is 6.07 Å². The molecular formula is C16H21FN4O2. The van der Waals surface area contributed by atoms with Crippen molar-refractivity contribution >= 4 is 11.7 Å². The lowest BCUT2D eigenvalue weighted by atomic mass is 10.2. The summed E-state index contributed by atoms with van der Waals surface area (Å²) < 4.78 is 20.0. The molecule has 1 aromatic carbocycles. The number of methoxy groups -OCH3 is 1. The molecule has 0 fully saturated rings. The average molecular weight is 320 g/mol. The van der Waals surface area contributed by atoms with Gasteiger partial charge >= 0.3 is 6.03 Å². The van der Waals surface area contributed by atoms with Crippen LogP contribution in [0.5, 0.6) is 0 Å². The number of carbonyl (C=O) groups is 1. The van der Waals surface area contributed by atoms with Crippen LogP contribution in [0.4, 0.5) is 14.9 Å². The van der Waals surface area contributed by atoms with Gasteiger partial charge in [0.1, 0.15) is 5.82 Å². The molecule has 7 heteroatoms. The number of hydrogen-bond donors (Lipinski definition) is 2. The van der Waals surface area contributed by atoms with Crippen molar-refractivity contribution in [1.82, 2.24) is 15.1 Å². The maximum absolute atomic E-state index is 13.1. The molecule has 23 heavy (non-hydrogen) atoms. The number of halogens is 1. The normalized spacial score (nSPS) is 10.6. The predicted molar refractivity (Wildman–Crippen MR) is 85.8 cm³/mol. The van der Waals surface area contributed by atoms with Gasteiger partial charge in [0, 0.05) is 30.6 Å². The van der Waals surface area contributed by atoms with Gasteiger partial charge in [-0.25, -0.2) is 9.18 Å². The van der Waals surface area contributed by atoms with Crippen molar-refractivity contribution in [3.05, 3.63) is 47.0 Å². The van der Waals surface area contributed by atoms with Crippen molar-refractivity contribution in [3.8, 4) is 0 Å². The summed E-state index contributed by atoms with van der Waals surface area (Å²) >= 11 is 0. The number of aryl methyl sites for hydroxylation is 1. The van der Waals surface area contributed by atoms with Gasteiger partial charge in [-0.3, -0.25) is 4.68 Å². The van der Waals surface area contributed by atoms with Gasteiger partial charge in [-0.15, -0.1) is 0 Å². The quantitative estimate of drug-likeness (QED) is 0.859. The van der Waals surface area contributed by atoms with Gasteiger partial charge in [0.15, 0.2) is 0 Å². The van der Waals surface area contributed by atoms with E-state index in [1.54, 1.807) is 19.2 Å². The maximum Gasteiger partial charge on any atom is 0.319 e. The van der Waals surface area contributed by atoms with Crippen LogP contribution in [0.25, 0.3) is 0 Å². The number of amides is 2. The molecule has 1 heterocycles. The van der Waals surface area contributed by atoms with Gasteiger partial charge < -0.3 is 15.4 Å². The molecule has 124 valence electrons. The summed E-state index contributed by atoms with van der Waals surface area (Å²) in [5.41, 5.74) is 3.23. The largest absolute Gasteiger partial charge is 0.383 e. The number of nitrogens with zero attached hydrogens (tertiary/aromatic N) is 2. The van der Waals surface area contributed by atoms with Crippen molar-refractivity contribution in [3.63, 3.8) is 0 Å². The van der Waals surface area contributed by atoms with E-state index in [9.17, 15) is 9.18 Å². The molecule has 6 nitrogen and oxygen atoms in total. The Bertz CT molecular complexity index is 685. The van der Waals surface area contributed by atoms with Gasteiger partial charge in [0.05, 0.1) is 18.8 Å². The molecule has 0 aliphatic heterocycles. The fraction of sp³-hybridized carbons (Fsp3) is 0.375. The molecule has 0 saturated carbocycles. The number of urea groups is 1. The van der Waals surface area contributed by atoms with Crippen LogP contribution in [0.15, 0.2) is 24.3 Å². The number of nitrogens with one attached hydrogen (secondary N) is 2. The molecule has 2 N–H and O–H groups in total. The molecule has 2 aromatic rings. The van der Waals surface area contributed by atoms with Crippen molar-refractivity contribution in [2.24, 2.45) is 0 Å². The third-order valence-corrected chi connectivity index (χ3v) is 3.55. The van der Waals surface area contributed by atoms with Crippen LogP contribution in [0.1, 0.15) is 17.0 Å². The topological polar surface area (TPSA) is 68.2 Å². The lowest BCUT2D eigenvalue weighted by molar-refractivity contribution is 0.182. The van der Waals surface area contributed by atoms with Crippen molar-refractivity contribution in [2.45, 2.75) is 26.9 Å². The average Bonchev–Trinajstić information content (AvgIpc) is 2.77. The highest BCUT2D eigenvalue weighted by molar-refractivity contribution is 5.89. The zero-order valence-corrected chi connectivity index (χ0v) is 13.5. The highest BCUT2D eigenvalue weighted by atomic mass is 19.1. The Balaban J connectivity index is 1.95. The zero-order valence-electron chi connectivity index (χ0n) is 13.5. The third kappa shape index (κ3) is 4.53. The molecule has 0 aliphatic carbocycles. The molecule has 0 saturated heterocycles. The van der Waals surface area contributed by atoms with E-state index in [-0.39, 0.29) is 6.03 Å². The predicted octanol–water partition coefficient (Wildman–Crippen LogP) is 2.61. The highest BCUT2D eigenvalue weighted by Gasteiger charge is 2.12. The summed E-state index contributed by atoms with van der Waals surface area (Å²) in [7, 11) is 1.64. The van der Waals surface area contributed by atoms with Crippen molar-refractivity contribution < 1.29 is 13.9 Å². The van der Waals surface area contributed by atoms with E-state index < -0.39 is 5.82 Å². The van der Waals surface area contributed by atoms with Crippen LogP contribution in [-0.2, 0) is 17.8 Å². The van der Waals surface area contributed by atoms with Crippen molar-refractivity contribution in [2.75, 3.05) is 19.0 Å². The van der Waals surface area contributed by atoms with E-state index in [2.05, 4.69) is 15.7 Å². The van der Waals surface area contributed by atoms with Crippen LogP contribution in [-0.4, -0.2) is 29.5 Å². The second-order valence-electron chi connectivity index (χ2n) is 5.18. The van der Waals surface area contributed by atoms with Gasteiger partial charge in [0.25, 0.3) is 0 Å². The summed E-state index contributed by atoms with van der Waals surface area (Å²) in [6.07, 6.45) is 0. The van der Waals surface area contributed by atoms with Gasteiger partial charge in [0.2, 0.25) is 0 Å². The van der Waals surface area contributed by atoms with Crippen LogP contribution in [0, 0.1) is 19.7 Å². The summed E-state index contributed by atoms with van der Waals surface area (Å²) in [6, 6.07) is 5.36. The number of rotatable bonds is 6. The molecule has 0 atom stereocenters. The van der Waals surface area contributed by atoms with Crippen LogP contribution in [0.3, 0.4) is 0 Å². The molecule has 0 bridgehead atoms. The Kier molecular flexibility index (Phi) is 5.70. The SMILES string of the molecule is COCCn1nc(C)c(CNC(=O)Nc2cccc(F)c2)c1C. The van der Waals surface area contributed by atoms with Crippen LogP contribution >= 0.6 is 0 Å². The monoisotopic (exact) mass is 320 g/mol. The minimum atomic E-state index is -0.395. The fourth-order valence-electron chi connectivity index (χ4n) is 2.30. The maximum atomic E-state index is 13.1. The summed E-state index contributed by atoms with van der Waals surface area (Å²) in [5.74, 6) is -0.395. The summed E-state index contributed by atoms with van der Waals surface area (Å²) in [6.45, 7) is 5.45. The van der Waals surface area contributed by atoms with Crippen molar-refractivity contribution in [1.29, 1.82) is 0 Å². The third-order valence-electron chi connectivity index (χ3n) is 3.55. The number of ether oxygens (including phenoxy) is 1. The Morgan fingerprint density at radius 1 is 1.39 bits per heavy atom. The Morgan fingerprint density at radius 3 is 2.87 bits per heavy atom. The van der Waals surface area contributed by atoms with E-state index in [1.165, 1.54) is 12.1 Å². The number of anilines is 1. The Labute approximate surface area is 134 Å². The van der Waals surface area contributed by atoms with Gasteiger partial charge in [-0.2, -0.15) is 5.10 Å². The van der Waals surface area contributed by atoms with Crippen LogP contribution < -0.4 is 10.6 Å². The van der Waals surface area contributed by atoms with E-state index in [1.807, 2.05) is 18.5 Å². The van der Waals surface area contributed by atoms with E-state index in [0.717, 1.165) is 17.0 Å². The Morgan fingerprint density at radius 2 is 2.17 bits per heavy atom. The standard InChI is InChI=1S/C16H21FN4O2/c1-11-15(12(2)21(20-11)7-8-23-3)10-18-16(22)19-14-6-4-5-13(17)9-14/h4-6,9H,7-8,10H2,1-3H3,(H2,18,19,22). The smallest absolute Gasteiger partial charge is 0.319 e. The second-order valence-corrected chi connectivity index (χ2v) is 5.18. The molecule has 0 aliphatic rings. The Hall–Kier alpha value is -2.41. The first kappa shape index (κ1) is 17.0. The molecule has 2 amide bonds. The number of aromatic nitrogens is 2. The zero-order chi connectivity index (χ0) is 16.8. The van der Waals surface area contributed by atoms with Gasteiger partial charge in [-0.05, 0) is 32.0 Å². The highest BCUT2D eigenvalue weighted by Crippen LogP contribution is 2.13. The van der Waals surface area contributed by atoms with E-state index >= 15 is 0 Å². The van der Waals surface area contributed by atoms with E-state index in [4.69, 9.17) is 4.74 Å². The first-order valence-electron chi connectivity index (χ1n) is 7.33. The minimum absolute atomic E-state index is 0.353. The summed E-state index contributed by atoms with van der Waals surface area (Å²) in [5, 5.41) is 9.79. The lowest BCUT2D eigenvalue weighted by Crippen LogP contribution is -2.28. The molecule has 2 rings (SSSR count). The lowest BCUT2D eigenvalue weighted by Gasteiger charge is -2.08. The molecule has 1 aromatic heterocycles. The summed E-state index contributed by atoms with van der Waals surface area (Å²) in [4.78, 5) is 11.9.